The van der Waals surface area contributed by atoms with Gasteiger partial charge in [-0.15, -0.1) is 0 Å². The third-order valence-electron chi connectivity index (χ3n) is 3.72. The first-order valence-corrected chi connectivity index (χ1v) is 7.22. The van der Waals surface area contributed by atoms with Crippen LogP contribution in [-0.4, -0.2) is 28.7 Å². The molecule has 3 N–H and O–H groups in total. The van der Waals surface area contributed by atoms with Crippen LogP contribution >= 0.6 is 0 Å². The van der Waals surface area contributed by atoms with Crippen LogP contribution in [0.25, 0.3) is 11.4 Å². The standard InChI is InChI=1S/C16H20N4O/c1-16(8-5-9-21-16)11-18-14-10-13(17)19-15(20-14)12-6-3-2-4-7-12/h2-4,6-7,10H,5,8-9,11H2,1H3,(H3,17,18,19,20). The summed E-state index contributed by atoms with van der Waals surface area (Å²) in [6.45, 7) is 3.67. The Morgan fingerprint density at radius 1 is 1.29 bits per heavy atom. The van der Waals surface area contributed by atoms with E-state index in [4.69, 9.17) is 10.5 Å². The highest BCUT2D eigenvalue weighted by atomic mass is 16.5. The molecule has 1 aliphatic heterocycles. The van der Waals surface area contributed by atoms with E-state index in [2.05, 4.69) is 22.2 Å². The van der Waals surface area contributed by atoms with Gasteiger partial charge in [-0.25, -0.2) is 9.97 Å². The highest BCUT2D eigenvalue weighted by Crippen LogP contribution is 2.26. The minimum atomic E-state index is -0.118. The Morgan fingerprint density at radius 2 is 2.10 bits per heavy atom. The average molecular weight is 284 g/mol. The van der Waals surface area contributed by atoms with Gasteiger partial charge in [0.15, 0.2) is 5.82 Å². The zero-order valence-electron chi connectivity index (χ0n) is 12.2. The number of nitrogens with one attached hydrogen (secondary N) is 1. The third kappa shape index (κ3) is 3.31. The summed E-state index contributed by atoms with van der Waals surface area (Å²) < 4.78 is 5.77. The van der Waals surface area contributed by atoms with E-state index in [1.807, 2.05) is 30.3 Å². The Balaban J connectivity index is 1.78. The minimum absolute atomic E-state index is 0.118. The molecule has 21 heavy (non-hydrogen) atoms. The molecule has 3 rings (SSSR count). The zero-order valence-corrected chi connectivity index (χ0v) is 12.2. The van der Waals surface area contributed by atoms with E-state index in [0.717, 1.165) is 37.4 Å². The summed E-state index contributed by atoms with van der Waals surface area (Å²) in [4.78, 5) is 8.83. The number of benzene rings is 1. The number of nitrogens with two attached hydrogens (primary N) is 1. The van der Waals surface area contributed by atoms with Crippen molar-refractivity contribution in [3.63, 3.8) is 0 Å². The SMILES string of the molecule is CC1(CNc2cc(N)nc(-c3ccccc3)n2)CCCO1. The molecule has 0 saturated carbocycles. The smallest absolute Gasteiger partial charge is 0.163 e. The van der Waals surface area contributed by atoms with E-state index in [0.29, 0.717) is 11.6 Å². The van der Waals surface area contributed by atoms with Crippen molar-refractivity contribution in [2.75, 3.05) is 24.2 Å². The monoisotopic (exact) mass is 284 g/mol. The Labute approximate surface area is 124 Å². The quantitative estimate of drug-likeness (QED) is 0.903. The first-order chi connectivity index (χ1) is 10.1. The molecule has 1 aromatic heterocycles. The van der Waals surface area contributed by atoms with Gasteiger partial charge < -0.3 is 15.8 Å². The second-order valence-corrected chi connectivity index (χ2v) is 5.62. The Hall–Kier alpha value is -2.14. The lowest BCUT2D eigenvalue weighted by molar-refractivity contribution is 0.0315. The van der Waals surface area contributed by atoms with Gasteiger partial charge in [0.05, 0.1) is 5.60 Å². The van der Waals surface area contributed by atoms with Crippen molar-refractivity contribution in [2.45, 2.75) is 25.4 Å². The predicted molar refractivity (Wildman–Crippen MR) is 84.0 cm³/mol. The van der Waals surface area contributed by atoms with Crippen molar-refractivity contribution in [2.24, 2.45) is 0 Å². The molecule has 1 saturated heterocycles. The fourth-order valence-electron chi connectivity index (χ4n) is 2.53. The number of aromatic nitrogens is 2. The summed E-state index contributed by atoms with van der Waals surface area (Å²) in [5.41, 5.74) is 6.73. The van der Waals surface area contributed by atoms with Crippen LogP contribution in [0.1, 0.15) is 19.8 Å². The number of anilines is 2. The predicted octanol–water partition coefficient (Wildman–Crippen LogP) is 2.71. The van der Waals surface area contributed by atoms with E-state index in [9.17, 15) is 0 Å². The first kappa shape index (κ1) is 13.8. The maximum atomic E-state index is 5.89. The van der Waals surface area contributed by atoms with Crippen molar-refractivity contribution in [3.8, 4) is 11.4 Å². The second kappa shape index (κ2) is 5.69. The highest BCUT2D eigenvalue weighted by Gasteiger charge is 2.29. The van der Waals surface area contributed by atoms with Crippen LogP contribution in [0.4, 0.5) is 11.6 Å². The van der Waals surface area contributed by atoms with Gasteiger partial charge in [0.2, 0.25) is 0 Å². The molecule has 0 amide bonds. The van der Waals surface area contributed by atoms with E-state index < -0.39 is 0 Å². The summed E-state index contributed by atoms with van der Waals surface area (Å²) in [6, 6.07) is 11.6. The first-order valence-electron chi connectivity index (χ1n) is 7.22. The number of ether oxygens (including phenoxy) is 1. The molecule has 110 valence electrons. The lowest BCUT2D eigenvalue weighted by Crippen LogP contribution is -2.32. The van der Waals surface area contributed by atoms with Crippen LogP contribution in [0.2, 0.25) is 0 Å². The van der Waals surface area contributed by atoms with Crippen molar-refractivity contribution >= 4 is 11.6 Å². The van der Waals surface area contributed by atoms with Gasteiger partial charge in [-0.1, -0.05) is 30.3 Å². The number of hydrogen-bond acceptors (Lipinski definition) is 5. The third-order valence-corrected chi connectivity index (χ3v) is 3.72. The average Bonchev–Trinajstić information content (AvgIpc) is 2.93. The van der Waals surface area contributed by atoms with Gasteiger partial charge in [-0.3, -0.25) is 0 Å². The number of hydrogen-bond donors (Lipinski definition) is 2. The Bertz CT molecular complexity index is 609. The van der Waals surface area contributed by atoms with E-state index in [-0.39, 0.29) is 5.60 Å². The molecule has 5 nitrogen and oxygen atoms in total. The van der Waals surface area contributed by atoms with Crippen LogP contribution in [0.5, 0.6) is 0 Å². The molecule has 5 heteroatoms. The molecule has 1 aromatic carbocycles. The van der Waals surface area contributed by atoms with Crippen LogP contribution < -0.4 is 11.1 Å². The lowest BCUT2D eigenvalue weighted by atomic mass is 10.0. The zero-order chi connectivity index (χ0) is 14.7. The van der Waals surface area contributed by atoms with Gasteiger partial charge in [-0.2, -0.15) is 0 Å². The van der Waals surface area contributed by atoms with Crippen LogP contribution in [0.15, 0.2) is 36.4 Å². The maximum Gasteiger partial charge on any atom is 0.163 e. The van der Waals surface area contributed by atoms with Crippen LogP contribution in [0.3, 0.4) is 0 Å². The largest absolute Gasteiger partial charge is 0.384 e. The minimum Gasteiger partial charge on any atom is -0.384 e. The highest BCUT2D eigenvalue weighted by molar-refractivity contribution is 5.60. The molecular formula is C16H20N4O. The molecular weight excluding hydrogens is 264 g/mol. The van der Waals surface area contributed by atoms with Gasteiger partial charge in [0, 0.05) is 24.8 Å². The van der Waals surface area contributed by atoms with Gasteiger partial charge in [0.25, 0.3) is 0 Å². The topological polar surface area (TPSA) is 73.1 Å². The van der Waals surface area contributed by atoms with E-state index in [1.165, 1.54) is 0 Å². The van der Waals surface area contributed by atoms with Gasteiger partial charge in [0.1, 0.15) is 11.6 Å². The van der Waals surface area contributed by atoms with Crippen molar-refractivity contribution in [1.29, 1.82) is 0 Å². The molecule has 1 fully saturated rings. The summed E-state index contributed by atoms with van der Waals surface area (Å²) in [6.07, 6.45) is 2.17. The van der Waals surface area contributed by atoms with Gasteiger partial charge in [-0.05, 0) is 19.8 Å². The Kier molecular flexibility index (Phi) is 3.75. The molecule has 1 unspecified atom stereocenters. The van der Waals surface area contributed by atoms with Crippen LogP contribution in [-0.2, 0) is 4.74 Å². The fraction of sp³-hybridized carbons (Fsp3) is 0.375. The summed E-state index contributed by atoms with van der Waals surface area (Å²) in [5, 5.41) is 3.32. The molecule has 2 heterocycles. The van der Waals surface area contributed by atoms with Crippen molar-refractivity contribution in [1.82, 2.24) is 9.97 Å². The van der Waals surface area contributed by atoms with E-state index >= 15 is 0 Å². The molecule has 2 aromatic rings. The van der Waals surface area contributed by atoms with Crippen molar-refractivity contribution in [3.05, 3.63) is 36.4 Å². The van der Waals surface area contributed by atoms with E-state index in [1.54, 1.807) is 6.07 Å². The number of nitrogen functional groups attached to an aromatic ring is 1. The summed E-state index contributed by atoms with van der Waals surface area (Å²) >= 11 is 0. The second-order valence-electron chi connectivity index (χ2n) is 5.62. The lowest BCUT2D eigenvalue weighted by Gasteiger charge is -2.23. The number of nitrogens with zero attached hydrogens (tertiary/aromatic N) is 2. The Morgan fingerprint density at radius 3 is 2.81 bits per heavy atom. The maximum absolute atomic E-state index is 5.89. The molecule has 1 aliphatic rings. The summed E-state index contributed by atoms with van der Waals surface area (Å²) in [7, 11) is 0. The van der Waals surface area contributed by atoms with Crippen LogP contribution in [0, 0.1) is 0 Å². The summed E-state index contributed by atoms with van der Waals surface area (Å²) in [5.74, 6) is 1.83. The van der Waals surface area contributed by atoms with Crippen molar-refractivity contribution < 1.29 is 4.74 Å². The molecule has 0 aliphatic carbocycles. The normalized spacial score (nSPS) is 21.4. The molecule has 0 spiro atoms. The number of rotatable bonds is 4. The molecule has 1 atom stereocenters. The fourth-order valence-corrected chi connectivity index (χ4v) is 2.53. The van der Waals surface area contributed by atoms with Gasteiger partial charge >= 0.3 is 0 Å². The molecule has 0 radical (unpaired) electrons. The molecule has 0 bridgehead atoms.